The van der Waals surface area contributed by atoms with Gasteiger partial charge in [0.15, 0.2) is 0 Å². The average molecular weight is 239 g/mol. The summed E-state index contributed by atoms with van der Waals surface area (Å²) < 4.78 is 5.52. The van der Waals surface area contributed by atoms with Crippen LogP contribution in [0.15, 0.2) is 0 Å². The van der Waals surface area contributed by atoms with Crippen LogP contribution in [0.3, 0.4) is 0 Å². The van der Waals surface area contributed by atoms with Crippen molar-refractivity contribution in [3.05, 3.63) is 6.92 Å². The Kier molecular flexibility index (Phi) is 5.16. The largest absolute Gasteiger partial charge is 0.459 e. The van der Waals surface area contributed by atoms with Gasteiger partial charge in [-0.25, -0.2) is 0 Å². The first-order valence-electron chi connectivity index (χ1n) is 6.48. The third kappa shape index (κ3) is 4.14. The zero-order valence-electron chi connectivity index (χ0n) is 11.0. The van der Waals surface area contributed by atoms with Crippen LogP contribution in [0, 0.1) is 12.8 Å². The molecule has 97 valence electrons. The second kappa shape index (κ2) is 6.18. The lowest BCUT2D eigenvalue weighted by atomic mass is 9.75. The molecule has 1 atom stereocenters. The Morgan fingerprint density at radius 3 is 2.35 bits per heavy atom. The summed E-state index contributed by atoms with van der Waals surface area (Å²) in [5.41, 5.74) is -0.624. The lowest BCUT2D eigenvalue weighted by molar-refractivity contribution is -0.166. The summed E-state index contributed by atoms with van der Waals surface area (Å²) in [6.07, 6.45) is 6.13. The molecular weight excluding hydrogens is 216 g/mol. The number of ether oxygens (including phenoxy) is 1. The number of rotatable bonds is 5. The van der Waals surface area contributed by atoms with Crippen molar-refractivity contribution in [2.45, 2.75) is 64.4 Å². The highest BCUT2D eigenvalue weighted by atomic mass is 16.6. The summed E-state index contributed by atoms with van der Waals surface area (Å²) in [6.45, 7) is 6.99. The fourth-order valence-corrected chi connectivity index (χ4v) is 2.78. The topological polar surface area (TPSA) is 43.4 Å². The van der Waals surface area contributed by atoms with Gasteiger partial charge in [-0.1, -0.05) is 19.3 Å². The van der Waals surface area contributed by atoms with Gasteiger partial charge in [0.25, 0.3) is 0 Å². The predicted octanol–water partition coefficient (Wildman–Crippen LogP) is 3.07. The molecule has 0 aromatic carbocycles. The molecule has 0 aromatic heterocycles. The minimum absolute atomic E-state index is 0.0786. The number of Topliss-reactive ketones (excluding diaryl/α,β-unsaturated/α-hetero) is 1. The smallest absolute Gasteiger partial charge is 0.306 e. The fourth-order valence-electron chi connectivity index (χ4n) is 2.78. The van der Waals surface area contributed by atoms with E-state index in [0.29, 0.717) is 12.3 Å². The van der Waals surface area contributed by atoms with E-state index >= 15 is 0 Å². The third-order valence-corrected chi connectivity index (χ3v) is 3.62. The molecule has 0 aliphatic heterocycles. The maximum Gasteiger partial charge on any atom is 0.306 e. The van der Waals surface area contributed by atoms with Gasteiger partial charge in [-0.15, -0.1) is 0 Å². The first-order chi connectivity index (χ1) is 7.98. The van der Waals surface area contributed by atoms with Crippen LogP contribution in [-0.4, -0.2) is 17.4 Å². The van der Waals surface area contributed by atoms with E-state index in [-0.39, 0.29) is 18.2 Å². The van der Waals surface area contributed by atoms with Gasteiger partial charge in [0, 0.05) is 12.8 Å². The van der Waals surface area contributed by atoms with Crippen LogP contribution in [0.5, 0.6) is 0 Å². The summed E-state index contributed by atoms with van der Waals surface area (Å²) in [5.74, 6) is 0.0879. The number of ketones is 1. The Bertz CT molecular complexity index is 279. The fraction of sp³-hybridized carbons (Fsp3) is 0.786. The normalized spacial score (nSPS) is 20.6. The molecule has 0 saturated heterocycles. The van der Waals surface area contributed by atoms with Gasteiger partial charge in [-0.3, -0.25) is 9.59 Å². The molecule has 3 nitrogen and oxygen atoms in total. The molecule has 0 amide bonds. The van der Waals surface area contributed by atoms with E-state index in [2.05, 4.69) is 6.92 Å². The first-order valence-corrected chi connectivity index (χ1v) is 6.48. The van der Waals surface area contributed by atoms with E-state index in [4.69, 9.17) is 4.74 Å². The summed E-state index contributed by atoms with van der Waals surface area (Å²) in [7, 11) is 0. The van der Waals surface area contributed by atoms with Crippen molar-refractivity contribution in [1.82, 2.24) is 0 Å². The number of carbonyl (C=O) groups excluding carboxylic acids is 2. The van der Waals surface area contributed by atoms with Crippen molar-refractivity contribution >= 4 is 11.8 Å². The minimum Gasteiger partial charge on any atom is -0.459 e. The van der Waals surface area contributed by atoms with E-state index in [0.717, 1.165) is 12.8 Å². The van der Waals surface area contributed by atoms with E-state index in [1.807, 2.05) is 6.92 Å². The molecule has 17 heavy (non-hydrogen) atoms. The molecule has 3 heteroatoms. The Morgan fingerprint density at radius 2 is 1.88 bits per heavy atom. The van der Waals surface area contributed by atoms with Crippen molar-refractivity contribution in [2.75, 3.05) is 0 Å². The minimum atomic E-state index is -0.624. The summed E-state index contributed by atoms with van der Waals surface area (Å²) in [5, 5.41) is 0. The van der Waals surface area contributed by atoms with Gasteiger partial charge in [0.2, 0.25) is 0 Å². The summed E-state index contributed by atoms with van der Waals surface area (Å²) >= 11 is 0. The van der Waals surface area contributed by atoms with E-state index < -0.39 is 5.60 Å². The standard InChI is InChI=1S/C14H23O3/c1-4-13(16)17-14(3,10-11(2)15)12-8-6-5-7-9-12/h12H,1,4-10H2,2-3H3. The summed E-state index contributed by atoms with van der Waals surface area (Å²) in [4.78, 5) is 22.8. The molecule has 0 bridgehead atoms. The highest BCUT2D eigenvalue weighted by molar-refractivity contribution is 5.77. The van der Waals surface area contributed by atoms with Gasteiger partial charge in [-0.2, -0.15) is 0 Å². The zero-order valence-corrected chi connectivity index (χ0v) is 11.0. The van der Waals surface area contributed by atoms with Crippen LogP contribution in [-0.2, 0) is 14.3 Å². The second-order valence-corrected chi connectivity index (χ2v) is 5.25. The number of esters is 1. The lowest BCUT2D eigenvalue weighted by Crippen LogP contribution is -2.42. The van der Waals surface area contributed by atoms with Crippen molar-refractivity contribution in [1.29, 1.82) is 0 Å². The van der Waals surface area contributed by atoms with Crippen LogP contribution in [0.4, 0.5) is 0 Å². The second-order valence-electron chi connectivity index (χ2n) is 5.25. The highest BCUT2D eigenvalue weighted by Gasteiger charge is 2.39. The predicted molar refractivity (Wildman–Crippen MR) is 66.3 cm³/mol. The molecule has 1 aliphatic rings. The summed E-state index contributed by atoms with van der Waals surface area (Å²) in [6, 6.07) is 0. The van der Waals surface area contributed by atoms with Crippen LogP contribution in [0.25, 0.3) is 0 Å². The molecule has 0 N–H and O–H groups in total. The Balaban J connectivity index is 2.75. The van der Waals surface area contributed by atoms with Gasteiger partial charge in [-0.05, 0) is 39.5 Å². The van der Waals surface area contributed by atoms with Gasteiger partial charge in [0.1, 0.15) is 11.4 Å². The molecule has 0 aromatic rings. The quantitative estimate of drug-likeness (QED) is 0.692. The first kappa shape index (κ1) is 14.2. The van der Waals surface area contributed by atoms with Crippen LogP contribution in [0.2, 0.25) is 0 Å². The molecular formula is C14H23O3. The molecule has 0 spiro atoms. The highest BCUT2D eigenvalue weighted by Crippen LogP contribution is 2.37. The van der Waals surface area contributed by atoms with Crippen molar-refractivity contribution < 1.29 is 14.3 Å². The molecule has 1 radical (unpaired) electrons. The van der Waals surface area contributed by atoms with Crippen LogP contribution < -0.4 is 0 Å². The van der Waals surface area contributed by atoms with Gasteiger partial charge < -0.3 is 4.74 Å². The zero-order chi connectivity index (χ0) is 12.9. The lowest BCUT2D eigenvalue weighted by Gasteiger charge is -2.38. The Hall–Kier alpha value is -0.860. The Labute approximate surface area is 104 Å². The van der Waals surface area contributed by atoms with Crippen molar-refractivity contribution in [3.63, 3.8) is 0 Å². The monoisotopic (exact) mass is 239 g/mol. The number of carbonyl (C=O) groups is 2. The number of hydrogen-bond donors (Lipinski definition) is 0. The van der Waals surface area contributed by atoms with E-state index in [1.54, 1.807) is 6.92 Å². The van der Waals surface area contributed by atoms with Crippen molar-refractivity contribution in [2.24, 2.45) is 5.92 Å². The molecule has 0 heterocycles. The maximum atomic E-state index is 11.5. The average Bonchev–Trinajstić information content (AvgIpc) is 2.29. The van der Waals surface area contributed by atoms with Gasteiger partial charge in [0.05, 0.1) is 0 Å². The molecule has 1 rings (SSSR count). The maximum absolute atomic E-state index is 11.5. The SMILES string of the molecule is [CH2]CC(=O)OC(C)(CC(C)=O)C1CCCCC1. The van der Waals surface area contributed by atoms with Crippen LogP contribution >= 0.6 is 0 Å². The van der Waals surface area contributed by atoms with Crippen LogP contribution in [0.1, 0.15) is 58.8 Å². The van der Waals surface area contributed by atoms with E-state index in [1.165, 1.54) is 19.3 Å². The van der Waals surface area contributed by atoms with Crippen molar-refractivity contribution in [3.8, 4) is 0 Å². The Morgan fingerprint density at radius 1 is 1.29 bits per heavy atom. The molecule has 1 saturated carbocycles. The molecule has 1 aliphatic carbocycles. The van der Waals surface area contributed by atoms with Gasteiger partial charge >= 0.3 is 5.97 Å². The van der Waals surface area contributed by atoms with E-state index in [9.17, 15) is 9.59 Å². The number of hydrogen-bond acceptors (Lipinski definition) is 3. The molecule has 1 unspecified atom stereocenters. The third-order valence-electron chi connectivity index (χ3n) is 3.62. The molecule has 1 fully saturated rings.